The van der Waals surface area contributed by atoms with Crippen LogP contribution < -0.4 is 9.47 Å². The molecular formula is C20H14N4O2S3. The molecule has 0 N–H and O–H groups in total. The van der Waals surface area contributed by atoms with Crippen LogP contribution in [-0.2, 0) is 0 Å². The number of methoxy groups -OCH3 is 2. The normalized spacial score (nSPS) is 12.9. The van der Waals surface area contributed by atoms with Gasteiger partial charge in [-0.25, -0.2) is 0 Å². The Labute approximate surface area is 181 Å². The van der Waals surface area contributed by atoms with Crippen molar-refractivity contribution in [3.05, 3.63) is 59.7 Å². The van der Waals surface area contributed by atoms with Crippen molar-refractivity contribution in [2.45, 2.75) is 9.79 Å². The zero-order valence-corrected chi connectivity index (χ0v) is 17.9. The van der Waals surface area contributed by atoms with Gasteiger partial charge in [0.25, 0.3) is 0 Å². The second kappa shape index (κ2) is 10.1. The van der Waals surface area contributed by atoms with Gasteiger partial charge in [0.15, 0.2) is 0 Å². The molecule has 0 aromatic heterocycles. The first-order valence-corrected chi connectivity index (χ1v) is 10.6. The molecule has 1 heterocycles. The number of hydrogen-bond acceptors (Lipinski definition) is 9. The van der Waals surface area contributed by atoms with E-state index in [0.29, 0.717) is 15.7 Å². The molecule has 0 unspecified atom stereocenters. The molecule has 3 rings (SSSR count). The van der Waals surface area contributed by atoms with Crippen LogP contribution in [0.3, 0.4) is 0 Å². The van der Waals surface area contributed by atoms with Crippen molar-refractivity contribution < 1.29 is 9.47 Å². The molecule has 0 bridgehead atoms. The fraction of sp³-hybridized carbons (Fsp3) is 0.100. The molecule has 0 atom stereocenters. The highest BCUT2D eigenvalue weighted by molar-refractivity contribution is 8.18. The van der Waals surface area contributed by atoms with Crippen LogP contribution in [0.4, 0.5) is 0 Å². The van der Waals surface area contributed by atoms with Gasteiger partial charge in [-0.1, -0.05) is 23.5 Å². The van der Waals surface area contributed by atoms with Crippen LogP contribution in [0.25, 0.3) is 0 Å². The minimum Gasteiger partial charge on any atom is -0.497 e. The molecule has 0 aliphatic carbocycles. The summed E-state index contributed by atoms with van der Waals surface area (Å²) in [4.78, 5) is 1.82. The third-order valence-electron chi connectivity index (χ3n) is 3.70. The lowest BCUT2D eigenvalue weighted by molar-refractivity contribution is 0.414. The van der Waals surface area contributed by atoms with Crippen molar-refractivity contribution >= 4 is 45.7 Å². The third-order valence-corrected chi connectivity index (χ3v) is 6.45. The molecule has 0 saturated carbocycles. The van der Waals surface area contributed by atoms with Gasteiger partial charge in [0.05, 0.1) is 19.8 Å². The molecule has 0 saturated heterocycles. The Morgan fingerprint density at radius 3 is 1.55 bits per heavy atom. The SMILES string of the molecule is COc1ccc(SC2=NSN=C(Sc3ccc(OC)cc3)C2=C(C#N)C#N)cc1. The Balaban J connectivity index is 1.90. The lowest BCUT2D eigenvalue weighted by atomic mass is 10.1. The summed E-state index contributed by atoms with van der Waals surface area (Å²) in [6, 6.07) is 18.9. The first-order valence-electron chi connectivity index (χ1n) is 8.19. The lowest BCUT2D eigenvalue weighted by Gasteiger charge is -2.16. The highest BCUT2D eigenvalue weighted by Gasteiger charge is 2.25. The Bertz CT molecular complexity index is 979. The fourth-order valence-corrected chi connectivity index (χ4v) is 4.81. The molecule has 144 valence electrons. The first-order chi connectivity index (χ1) is 14.2. The Kier molecular flexibility index (Phi) is 7.25. The number of hydrogen-bond donors (Lipinski definition) is 0. The maximum atomic E-state index is 9.48. The van der Waals surface area contributed by atoms with Gasteiger partial charge < -0.3 is 9.47 Å². The third kappa shape index (κ3) is 5.15. The zero-order chi connectivity index (χ0) is 20.6. The summed E-state index contributed by atoms with van der Waals surface area (Å²) < 4.78 is 19.1. The predicted molar refractivity (Wildman–Crippen MR) is 118 cm³/mol. The highest BCUT2D eigenvalue weighted by atomic mass is 32.2. The van der Waals surface area contributed by atoms with Crippen molar-refractivity contribution in [1.29, 1.82) is 10.5 Å². The molecule has 6 nitrogen and oxygen atoms in total. The van der Waals surface area contributed by atoms with Crippen molar-refractivity contribution in [1.82, 2.24) is 0 Å². The Morgan fingerprint density at radius 2 is 1.21 bits per heavy atom. The predicted octanol–water partition coefficient (Wildman–Crippen LogP) is 5.31. The molecule has 2 aromatic rings. The van der Waals surface area contributed by atoms with Crippen LogP contribution >= 0.6 is 35.7 Å². The molecule has 0 spiro atoms. The van der Waals surface area contributed by atoms with Gasteiger partial charge in [0.2, 0.25) is 0 Å². The van der Waals surface area contributed by atoms with E-state index in [1.165, 1.54) is 23.5 Å². The number of ether oxygens (including phenoxy) is 2. The second-order valence-electron chi connectivity index (χ2n) is 5.40. The van der Waals surface area contributed by atoms with E-state index in [2.05, 4.69) is 8.80 Å². The second-order valence-corrected chi connectivity index (χ2v) is 8.06. The van der Waals surface area contributed by atoms with Crippen molar-refractivity contribution in [2.24, 2.45) is 8.80 Å². The van der Waals surface area contributed by atoms with Gasteiger partial charge in [-0.2, -0.15) is 19.3 Å². The van der Waals surface area contributed by atoms with Crippen molar-refractivity contribution in [2.75, 3.05) is 14.2 Å². The van der Waals surface area contributed by atoms with Gasteiger partial charge in [0.1, 0.15) is 51.4 Å². The number of nitrogens with zero attached hydrogens (tertiary/aromatic N) is 4. The Hall–Kier alpha value is -2.85. The van der Waals surface area contributed by atoms with Crippen LogP contribution in [0.2, 0.25) is 0 Å². The van der Waals surface area contributed by atoms with Crippen LogP contribution in [0, 0.1) is 22.7 Å². The van der Waals surface area contributed by atoms with Gasteiger partial charge in [0, 0.05) is 9.79 Å². The smallest absolute Gasteiger partial charge is 0.142 e. The van der Waals surface area contributed by atoms with Crippen LogP contribution in [-0.4, -0.2) is 24.3 Å². The summed E-state index contributed by atoms with van der Waals surface area (Å²) in [7, 11) is 3.21. The monoisotopic (exact) mass is 438 g/mol. The van der Waals surface area contributed by atoms with E-state index in [9.17, 15) is 10.5 Å². The van der Waals surface area contributed by atoms with E-state index in [-0.39, 0.29) is 5.57 Å². The number of allylic oxidation sites excluding steroid dienone is 1. The molecule has 0 radical (unpaired) electrons. The summed E-state index contributed by atoms with van der Waals surface area (Å²) >= 11 is 3.78. The molecule has 1 aliphatic rings. The summed E-state index contributed by atoms with van der Waals surface area (Å²) in [6.45, 7) is 0. The molecule has 9 heteroatoms. The maximum absolute atomic E-state index is 9.48. The minimum absolute atomic E-state index is 0.0233. The van der Waals surface area contributed by atoms with Crippen LogP contribution in [0.1, 0.15) is 0 Å². The lowest BCUT2D eigenvalue weighted by Crippen LogP contribution is -2.12. The van der Waals surface area contributed by atoms with E-state index < -0.39 is 0 Å². The largest absolute Gasteiger partial charge is 0.497 e. The van der Waals surface area contributed by atoms with Crippen LogP contribution in [0.5, 0.6) is 11.5 Å². The van der Waals surface area contributed by atoms with Gasteiger partial charge >= 0.3 is 0 Å². The van der Waals surface area contributed by atoms with Gasteiger partial charge in [-0.3, -0.25) is 0 Å². The maximum Gasteiger partial charge on any atom is 0.142 e. The van der Waals surface area contributed by atoms with E-state index in [4.69, 9.17) is 9.47 Å². The first kappa shape index (κ1) is 20.9. The molecular weight excluding hydrogens is 424 g/mol. The number of thioether (sulfide) groups is 2. The molecule has 0 fully saturated rings. The van der Waals surface area contributed by atoms with Crippen molar-refractivity contribution in [3.63, 3.8) is 0 Å². The average molecular weight is 439 g/mol. The number of nitriles is 2. The molecule has 0 amide bonds. The van der Waals surface area contributed by atoms with E-state index in [1.807, 2.05) is 60.7 Å². The van der Waals surface area contributed by atoms with Gasteiger partial charge in [-0.05, 0) is 48.5 Å². The number of benzene rings is 2. The minimum atomic E-state index is -0.0233. The summed E-state index contributed by atoms with van der Waals surface area (Å²) in [5.41, 5.74) is 0.417. The zero-order valence-electron chi connectivity index (χ0n) is 15.4. The average Bonchev–Trinajstić information content (AvgIpc) is 2.77. The fourth-order valence-electron chi connectivity index (χ4n) is 2.28. The molecule has 1 aliphatic heterocycles. The van der Waals surface area contributed by atoms with Crippen LogP contribution in [0.15, 0.2) is 78.3 Å². The highest BCUT2D eigenvalue weighted by Crippen LogP contribution is 2.37. The standard InChI is InChI=1S/C20H14N4O2S3/c1-25-14-3-7-16(8-4-14)27-19-18(13(11-21)12-22)20(24-29-23-19)28-17-9-5-15(26-2)6-10-17/h3-10H,1-2H3. The number of rotatable bonds is 4. The van der Waals surface area contributed by atoms with E-state index in [1.54, 1.807) is 14.2 Å². The summed E-state index contributed by atoms with van der Waals surface area (Å²) in [6.07, 6.45) is 0. The quantitative estimate of drug-likeness (QED) is 0.472. The Morgan fingerprint density at radius 1 is 0.793 bits per heavy atom. The van der Waals surface area contributed by atoms with E-state index >= 15 is 0 Å². The van der Waals surface area contributed by atoms with Gasteiger partial charge in [-0.15, -0.1) is 0 Å². The molecule has 2 aromatic carbocycles. The summed E-state index contributed by atoms with van der Waals surface area (Å²) in [5, 5.41) is 20.1. The molecule has 29 heavy (non-hydrogen) atoms. The van der Waals surface area contributed by atoms with Crippen molar-refractivity contribution in [3.8, 4) is 23.6 Å². The summed E-state index contributed by atoms with van der Waals surface area (Å²) in [5.74, 6) is 1.49. The topological polar surface area (TPSA) is 90.8 Å². The van der Waals surface area contributed by atoms with E-state index in [0.717, 1.165) is 33.4 Å².